The quantitative estimate of drug-likeness (QED) is 0.162. The summed E-state index contributed by atoms with van der Waals surface area (Å²) in [7, 11) is 0. The number of aromatic nitrogens is 3. The van der Waals surface area contributed by atoms with Gasteiger partial charge in [-0.25, -0.2) is 4.98 Å². The van der Waals surface area contributed by atoms with Crippen molar-refractivity contribution < 1.29 is 30.3 Å². The van der Waals surface area contributed by atoms with Crippen LogP contribution in [0.3, 0.4) is 0 Å². The van der Waals surface area contributed by atoms with E-state index in [1.807, 2.05) is 65.4 Å². The summed E-state index contributed by atoms with van der Waals surface area (Å²) in [6.07, 6.45) is 1.85. The van der Waals surface area contributed by atoms with E-state index < -0.39 is 6.85 Å². The number of hydrogen-bond donors (Lipinski definition) is 1. The zero-order valence-corrected chi connectivity index (χ0v) is 35.5. The fourth-order valence-corrected chi connectivity index (χ4v) is 7.67. The number of phenols is 1. The van der Waals surface area contributed by atoms with Crippen LogP contribution < -0.4 is 0 Å². The Labute approximate surface area is 365 Å². The molecule has 0 aliphatic rings. The Bertz CT molecular complexity index is 3060. The Morgan fingerprint density at radius 2 is 1.27 bits per heavy atom. The van der Waals surface area contributed by atoms with Crippen LogP contribution in [-0.4, -0.2) is 19.6 Å². The molecule has 0 atom stereocenters. The Balaban J connectivity index is 0.00000529. The number of hydrogen-bond acceptors (Lipinski definition) is 3. The van der Waals surface area contributed by atoms with E-state index in [-0.39, 0.29) is 37.8 Å². The molecular formula is C54H44N3OPt-. The van der Waals surface area contributed by atoms with Crippen molar-refractivity contribution in [2.24, 2.45) is 0 Å². The van der Waals surface area contributed by atoms with Crippen LogP contribution in [0.15, 0.2) is 170 Å². The smallest absolute Gasteiger partial charge is 0.148 e. The summed E-state index contributed by atoms with van der Waals surface area (Å²) in [5.41, 5.74) is 14.4. The van der Waals surface area contributed by atoms with Crippen molar-refractivity contribution in [3.05, 3.63) is 193 Å². The third-order valence-corrected chi connectivity index (χ3v) is 10.8. The first kappa shape index (κ1) is 35.8. The SMILES string of the molecule is [2H]C([2H])([2H])c1ccc(-n2c(-c3ccccc3O)nc3c(-c4[c-]c(-c5cc(-c6ccc(C)cc6)ccn5)cc(-c5ccccc5)c4)cccc32)c(-c2ccc(C(C)(C)C)cc2)c1.[Pt]. The fourth-order valence-electron chi connectivity index (χ4n) is 7.67. The number of phenolic OH excluding ortho intramolecular Hbond substituents is 1. The number of nitrogens with zero attached hydrogens (tertiary/aromatic N) is 3. The number of benzene rings is 7. The van der Waals surface area contributed by atoms with Crippen LogP contribution in [0.2, 0.25) is 0 Å². The minimum Gasteiger partial charge on any atom is -0.507 e. The maximum Gasteiger partial charge on any atom is 0.148 e. The van der Waals surface area contributed by atoms with E-state index in [0.717, 1.165) is 67.0 Å². The predicted octanol–water partition coefficient (Wildman–Crippen LogP) is 13.8. The fraction of sp³-hybridized carbons (Fsp3) is 0.111. The van der Waals surface area contributed by atoms with Gasteiger partial charge in [-0.2, -0.15) is 0 Å². The minimum atomic E-state index is -2.32. The molecule has 0 unspecified atom stereocenters. The minimum absolute atomic E-state index is 0. The number of aryl methyl sites for hydroxylation is 2. The van der Waals surface area contributed by atoms with E-state index in [1.165, 1.54) is 11.1 Å². The molecule has 0 aliphatic carbocycles. The molecule has 2 aromatic heterocycles. The number of para-hydroxylation sites is 2. The number of imidazole rings is 1. The molecule has 0 aliphatic heterocycles. The first-order chi connectivity index (χ1) is 29.3. The van der Waals surface area contributed by atoms with Gasteiger partial charge in [0.2, 0.25) is 0 Å². The predicted molar refractivity (Wildman–Crippen MR) is 240 cm³/mol. The standard InChI is InChI=1S/C54H44N3O.Pt/c1-35-18-21-38(22-19-35)40-28-29-55-48(34-40)43-32-41(37-12-7-6-8-13-37)31-42(33-43)45-15-11-16-50-52(45)56-53(46-14-9-10-17-51(46)58)57(50)49-27-20-36(2)30-47(49)39-23-25-44(26-24-39)54(3,4)5;/h6-32,34,58H,1-5H3;/q-1;/i2D3;. The monoisotopic (exact) mass is 948 g/mol. The van der Waals surface area contributed by atoms with E-state index in [9.17, 15) is 5.11 Å². The van der Waals surface area contributed by atoms with Crippen LogP contribution in [-0.2, 0) is 26.5 Å². The van der Waals surface area contributed by atoms with Gasteiger partial charge in [0, 0.05) is 42.6 Å². The summed E-state index contributed by atoms with van der Waals surface area (Å²) in [5, 5.41) is 11.4. The molecule has 0 bridgehead atoms. The van der Waals surface area contributed by atoms with Gasteiger partial charge in [0.25, 0.3) is 0 Å². The molecule has 0 amide bonds. The molecule has 292 valence electrons. The van der Waals surface area contributed by atoms with E-state index in [0.29, 0.717) is 16.9 Å². The Morgan fingerprint density at radius 1 is 0.593 bits per heavy atom. The van der Waals surface area contributed by atoms with Crippen molar-refractivity contribution in [3.8, 4) is 78.6 Å². The number of rotatable bonds is 7. The van der Waals surface area contributed by atoms with E-state index in [1.54, 1.807) is 24.3 Å². The van der Waals surface area contributed by atoms with Crippen molar-refractivity contribution in [2.75, 3.05) is 0 Å². The zero-order chi connectivity index (χ0) is 42.5. The maximum atomic E-state index is 11.4. The third kappa shape index (κ3) is 7.81. The maximum absolute atomic E-state index is 11.4. The van der Waals surface area contributed by atoms with E-state index >= 15 is 0 Å². The van der Waals surface area contributed by atoms with Gasteiger partial charge in [-0.3, -0.25) is 9.55 Å². The van der Waals surface area contributed by atoms with Gasteiger partial charge in [-0.05, 0) is 83.4 Å². The van der Waals surface area contributed by atoms with Crippen molar-refractivity contribution in [2.45, 2.75) is 40.0 Å². The molecule has 0 spiro atoms. The van der Waals surface area contributed by atoms with Gasteiger partial charge in [0.05, 0.1) is 22.3 Å². The molecule has 0 fully saturated rings. The van der Waals surface area contributed by atoms with Gasteiger partial charge in [-0.15, -0.1) is 23.8 Å². The van der Waals surface area contributed by atoms with Crippen LogP contribution in [0.25, 0.3) is 83.9 Å². The normalized spacial score (nSPS) is 12.4. The molecule has 0 saturated carbocycles. The van der Waals surface area contributed by atoms with Gasteiger partial charge in [-0.1, -0.05) is 164 Å². The molecule has 4 nitrogen and oxygen atoms in total. The molecule has 0 saturated heterocycles. The van der Waals surface area contributed by atoms with Gasteiger partial charge in [0.1, 0.15) is 11.6 Å². The summed E-state index contributed by atoms with van der Waals surface area (Å²) < 4.78 is 27.1. The van der Waals surface area contributed by atoms with Gasteiger partial charge in [0.15, 0.2) is 0 Å². The number of aromatic hydroxyl groups is 1. The molecule has 0 radical (unpaired) electrons. The first-order valence-electron chi connectivity index (χ1n) is 21.0. The summed E-state index contributed by atoms with van der Waals surface area (Å²) in [5.74, 6) is 0.594. The van der Waals surface area contributed by atoms with E-state index in [4.69, 9.17) is 14.1 Å². The second-order valence-electron chi connectivity index (χ2n) is 15.9. The summed E-state index contributed by atoms with van der Waals surface area (Å²) in [4.78, 5) is 10.2. The van der Waals surface area contributed by atoms with Crippen LogP contribution >= 0.6 is 0 Å². The van der Waals surface area contributed by atoms with Crippen LogP contribution in [0.4, 0.5) is 0 Å². The number of fused-ring (bicyclic) bond motifs is 1. The van der Waals surface area contributed by atoms with Crippen molar-refractivity contribution in [1.82, 2.24) is 14.5 Å². The summed E-state index contributed by atoms with van der Waals surface area (Å²) >= 11 is 0. The third-order valence-electron chi connectivity index (χ3n) is 10.8. The van der Waals surface area contributed by atoms with Crippen LogP contribution in [0.1, 0.15) is 41.6 Å². The largest absolute Gasteiger partial charge is 0.507 e. The molecule has 5 heteroatoms. The second-order valence-corrected chi connectivity index (χ2v) is 15.9. The van der Waals surface area contributed by atoms with Crippen molar-refractivity contribution >= 4 is 11.0 Å². The Kier molecular flexibility index (Phi) is 9.78. The molecule has 1 N–H and O–H groups in total. The van der Waals surface area contributed by atoms with Gasteiger partial charge < -0.3 is 5.11 Å². The number of pyridine rings is 1. The second kappa shape index (κ2) is 16.1. The molecule has 9 aromatic rings. The van der Waals surface area contributed by atoms with Crippen molar-refractivity contribution in [3.63, 3.8) is 0 Å². The van der Waals surface area contributed by atoms with Crippen LogP contribution in [0, 0.1) is 19.8 Å². The molecular weight excluding hydrogens is 902 g/mol. The van der Waals surface area contributed by atoms with E-state index in [2.05, 4.69) is 119 Å². The molecule has 7 aromatic carbocycles. The first-order valence-corrected chi connectivity index (χ1v) is 19.5. The zero-order valence-electron chi connectivity index (χ0n) is 36.3. The average molecular weight is 949 g/mol. The average Bonchev–Trinajstić information content (AvgIpc) is 3.65. The molecule has 9 rings (SSSR count). The summed E-state index contributed by atoms with van der Waals surface area (Å²) in [6, 6.07) is 57.8. The van der Waals surface area contributed by atoms with Crippen LogP contribution in [0.5, 0.6) is 5.75 Å². The van der Waals surface area contributed by atoms with Crippen molar-refractivity contribution in [1.29, 1.82) is 0 Å². The summed E-state index contributed by atoms with van der Waals surface area (Å²) in [6.45, 7) is 6.28. The Hall–Kier alpha value is -6.35. The molecule has 2 heterocycles. The van der Waals surface area contributed by atoms with Gasteiger partial charge >= 0.3 is 0 Å². The Morgan fingerprint density at radius 3 is 2.02 bits per heavy atom. The topological polar surface area (TPSA) is 50.9 Å². The molecule has 59 heavy (non-hydrogen) atoms.